The van der Waals surface area contributed by atoms with Gasteiger partial charge in [-0.1, -0.05) is 5.34 Å². The highest BCUT2D eigenvalue weighted by atomic mass is 19.4. The average molecular weight is 313 g/mol. The molecule has 22 heavy (non-hydrogen) atoms. The molecule has 2 aliphatic rings. The Kier molecular flexibility index (Phi) is 5.55. The van der Waals surface area contributed by atoms with E-state index in [2.05, 4.69) is 17.1 Å². The summed E-state index contributed by atoms with van der Waals surface area (Å²) in [6.07, 6.45) is -2.20. The summed E-state index contributed by atoms with van der Waals surface area (Å²) in [5.41, 5.74) is 0. The average Bonchev–Trinajstić information content (AvgIpc) is 2.55. The van der Waals surface area contributed by atoms with Gasteiger partial charge in [0.05, 0.1) is 15.7 Å². The molecule has 2 atom stereocenters. The Hall–Kier alpha value is -0.200. The predicted molar refractivity (Wildman–Crippen MR) is 83.1 cm³/mol. The summed E-state index contributed by atoms with van der Waals surface area (Å²) in [6, 6.07) is -1.08. The number of hydrogen-bond acceptors (Lipinski definition) is 3. The second-order valence-corrected chi connectivity index (χ2v) is 6.69. The quantitative estimate of drug-likeness (QED) is 0.770. The predicted octanol–water partition coefficient (Wildman–Crippen LogP) is 1.08. The van der Waals surface area contributed by atoms with Gasteiger partial charge in [-0.05, 0) is 39.7 Å². The van der Waals surface area contributed by atoms with E-state index >= 15 is 0 Å². The van der Waals surface area contributed by atoms with Gasteiger partial charge in [0.25, 0.3) is 0 Å². The molecule has 2 rings (SSSR count). The fourth-order valence-corrected chi connectivity index (χ4v) is 3.70. The van der Waals surface area contributed by atoms with Crippen LogP contribution in [0.1, 0.15) is 33.1 Å². The lowest BCUT2D eigenvalue weighted by atomic mass is 9.58. The molecular formula is C14H24B2F3N3. The van der Waals surface area contributed by atoms with Gasteiger partial charge in [-0.2, -0.15) is 13.2 Å². The molecule has 1 N–H and O–H groups in total. The second kappa shape index (κ2) is 6.73. The van der Waals surface area contributed by atoms with Crippen LogP contribution >= 0.6 is 0 Å². The summed E-state index contributed by atoms with van der Waals surface area (Å²) in [4.78, 5) is 3.62. The number of halogens is 3. The van der Waals surface area contributed by atoms with Crippen molar-refractivity contribution in [2.24, 2.45) is 0 Å². The Morgan fingerprint density at radius 1 is 1.23 bits per heavy atom. The summed E-state index contributed by atoms with van der Waals surface area (Å²) < 4.78 is 38.5. The highest BCUT2D eigenvalue weighted by molar-refractivity contribution is 6.40. The third-order valence-corrected chi connectivity index (χ3v) is 5.01. The number of nitrogens with one attached hydrogen (secondary N) is 1. The maximum atomic E-state index is 12.8. The van der Waals surface area contributed by atoms with Crippen LogP contribution in [-0.4, -0.2) is 81.3 Å². The van der Waals surface area contributed by atoms with Crippen molar-refractivity contribution in [2.75, 3.05) is 26.2 Å². The number of hydrogen-bond donors (Lipinski definition) is 1. The standard InChI is InChI=1S/C14H24B2F3N3/c1-10-9-20-6-5-13(15,16)22(10)12-3-7-21(8-4-12)11(2)14(17,18)19/h10-12,20H,3-9H2,1-2H3/t10?,11-/m0/s1. The van der Waals surface area contributed by atoms with Crippen molar-refractivity contribution >= 4 is 15.7 Å². The van der Waals surface area contributed by atoms with E-state index in [0.717, 1.165) is 13.1 Å². The van der Waals surface area contributed by atoms with Crippen molar-refractivity contribution in [3.05, 3.63) is 0 Å². The van der Waals surface area contributed by atoms with Gasteiger partial charge in [0.2, 0.25) is 0 Å². The minimum absolute atomic E-state index is 0.140. The van der Waals surface area contributed by atoms with Crippen LogP contribution in [-0.2, 0) is 0 Å². The smallest absolute Gasteiger partial charge is 0.315 e. The summed E-state index contributed by atoms with van der Waals surface area (Å²) in [7, 11) is 12.6. The van der Waals surface area contributed by atoms with Crippen molar-refractivity contribution in [1.29, 1.82) is 0 Å². The Morgan fingerprint density at radius 2 is 1.82 bits per heavy atom. The van der Waals surface area contributed by atoms with Crippen LogP contribution in [0, 0.1) is 0 Å². The molecule has 0 spiro atoms. The van der Waals surface area contributed by atoms with Gasteiger partial charge >= 0.3 is 6.18 Å². The normalized spacial score (nSPS) is 30.9. The van der Waals surface area contributed by atoms with Crippen LogP contribution < -0.4 is 5.32 Å². The maximum absolute atomic E-state index is 12.8. The van der Waals surface area contributed by atoms with Gasteiger partial charge < -0.3 is 10.2 Å². The highest BCUT2D eigenvalue weighted by Gasteiger charge is 2.43. The van der Waals surface area contributed by atoms with Crippen molar-refractivity contribution < 1.29 is 13.2 Å². The summed E-state index contributed by atoms with van der Waals surface area (Å²) in [6.45, 7) is 5.72. The molecule has 2 saturated heterocycles. The van der Waals surface area contributed by atoms with E-state index in [4.69, 9.17) is 15.7 Å². The van der Waals surface area contributed by atoms with Gasteiger partial charge in [-0.15, -0.1) is 0 Å². The first-order valence-electron chi connectivity index (χ1n) is 8.00. The zero-order chi connectivity index (χ0) is 16.5. The molecule has 3 nitrogen and oxygen atoms in total. The number of nitrogens with zero attached hydrogens (tertiary/aromatic N) is 2. The first kappa shape index (κ1) is 18.1. The molecule has 0 aromatic rings. The first-order valence-corrected chi connectivity index (χ1v) is 8.00. The molecular weight excluding hydrogens is 289 g/mol. The van der Waals surface area contributed by atoms with Gasteiger partial charge in [-0.3, -0.25) is 4.90 Å². The van der Waals surface area contributed by atoms with Crippen LogP contribution in [0.25, 0.3) is 0 Å². The van der Waals surface area contributed by atoms with Crippen molar-refractivity contribution in [2.45, 2.75) is 62.7 Å². The molecule has 0 amide bonds. The van der Waals surface area contributed by atoms with E-state index in [0.29, 0.717) is 32.4 Å². The van der Waals surface area contributed by atoms with Crippen LogP contribution in [0.3, 0.4) is 0 Å². The number of alkyl halides is 3. The number of piperidine rings is 1. The molecule has 0 bridgehead atoms. The molecule has 0 saturated carbocycles. The van der Waals surface area contributed by atoms with Crippen molar-refractivity contribution in [3.63, 3.8) is 0 Å². The number of likely N-dealkylation sites (tertiary alicyclic amines) is 1. The molecule has 8 heteroatoms. The summed E-state index contributed by atoms with van der Waals surface area (Å²) >= 11 is 0. The Bertz CT molecular complexity index is 371. The fourth-order valence-electron chi connectivity index (χ4n) is 3.70. The van der Waals surface area contributed by atoms with Gasteiger partial charge in [-0.25, -0.2) is 0 Å². The molecule has 4 radical (unpaired) electrons. The zero-order valence-electron chi connectivity index (χ0n) is 13.4. The Balaban J connectivity index is 2.00. The minimum Gasteiger partial charge on any atom is -0.315 e. The van der Waals surface area contributed by atoms with Crippen molar-refractivity contribution in [3.8, 4) is 0 Å². The molecule has 122 valence electrons. The second-order valence-electron chi connectivity index (χ2n) is 6.69. The van der Waals surface area contributed by atoms with E-state index in [1.165, 1.54) is 11.8 Å². The first-order chi connectivity index (χ1) is 10.1. The molecule has 0 aromatic carbocycles. The van der Waals surface area contributed by atoms with Crippen molar-refractivity contribution in [1.82, 2.24) is 15.1 Å². The lowest BCUT2D eigenvalue weighted by Gasteiger charge is -2.50. The maximum Gasteiger partial charge on any atom is 0.403 e. The van der Waals surface area contributed by atoms with E-state index in [-0.39, 0.29) is 12.1 Å². The summed E-state index contributed by atoms with van der Waals surface area (Å²) in [5, 5.41) is 2.41. The SMILES string of the molecule is [B]C1([B])CCNCC(C)N1C1CCN([C@@H](C)C(F)(F)F)CC1. The van der Waals surface area contributed by atoms with E-state index in [1.54, 1.807) is 0 Å². The zero-order valence-corrected chi connectivity index (χ0v) is 13.4. The van der Waals surface area contributed by atoms with Crippen LogP contribution in [0.2, 0.25) is 0 Å². The van der Waals surface area contributed by atoms with Crippen LogP contribution in [0.4, 0.5) is 13.2 Å². The van der Waals surface area contributed by atoms with Gasteiger partial charge in [0.15, 0.2) is 0 Å². The lowest BCUT2D eigenvalue weighted by molar-refractivity contribution is -0.182. The topological polar surface area (TPSA) is 18.5 Å². The third kappa shape index (κ3) is 4.01. The largest absolute Gasteiger partial charge is 0.403 e. The van der Waals surface area contributed by atoms with Crippen LogP contribution in [0.5, 0.6) is 0 Å². The molecule has 2 heterocycles. The third-order valence-electron chi connectivity index (χ3n) is 5.01. The Labute approximate surface area is 133 Å². The van der Waals surface area contributed by atoms with Gasteiger partial charge in [0, 0.05) is 31.7 Å². The Morgan fingerprint density at radius 3 is 2.36 bits per heavy atom. The minimum atomic E-state index is -4.17. The van der Waals surface area contributed by atoms with Crippen LogP contribution in [0.15, 0.2) is 0 Å². The highest BCUT2D eigenvalue weighted by Crippen LogP contribution is 2.31. The molecule has 0 aliphatic carbocycles. The van der Waals surface area contributed by atoms with Gasteiger partial charge in [0.1, 0.15) is 6.04 Å². The number of rotatable bonds is 2. The lowest BCUT2D eigenvalue weighted by Crippen LogP contribution is -2.61. The molecule has 0 aromatic heterocycles. The molecule has 2 aliphatic heterocycles. The monoisotopic (exact) mass is 313 g/mol. The fraction of sp³-hybridized carbons (Fsp3) is 1.00. The van der Waals surface area contributed by atoms with E-state index in [1.807, 2.05) is 0 Å². The van der Waals surface area contributed by atoms with E-state index < -0.39 is 17.6 Å². The molecule has 2 fully saturated rings. The van der Waals surface area contributed by atoms with E-state index in [9.17, 15) is 13.2 Å². The molecule has 1 unspecified atom stereocenters. The summed E-state index contributed by atoms with van der Waals surface area (Å²) in [5.74, 6) is 0.